The Morgan fingerprint density at radius 3 is 2.53 bits per heavy atom. The second kappa shape index (κ2) is 5.31. The van der Waals surface area contributed by atoms with Crippen molar-refractivity contribution in [3.8, 4) is 0 Å². The minimum Gasteiger partial charge on any atom is -0.481 e. The van der Waals surface area contributed by atoms with Gasteiger partial charge in [0, 0.05) is 13.0 Å². The van der Waals surface area contributed by atoms with Crippen molar-refractivity contribution >= 4 is 17.8 Å². The highest BCUT2D eigenvalue weighted by Gasteiger charge is 2.52. The molecule has 0 aromatic carbocycles. The molecule has 1 heterocycles. The number of likely N-dealkylation sites (tertiary alicyclic amines) is 1. The SMILES string of the molecule is CCCC(CN1C(=O)CC2(CCCC2)C1=O)C(=O)O. The van der Waals surface area contributed by atoms with Crippen LogP contribution in [0.15, 0.2) is 0 Å². The van der Waals surface area contributed by atoms with E-state index < -0.39 is 17.3 Å². The number of hydrogen-bond acceptors (Lipinski definition) is 3. The minimum atomic E-state index is -0.921. The summed E-state index contributed by atoms with van der Waals surface area (Å²) >= 11 is 0. The molecule has 0 aromatic rings. The van der Waals surface area contributed by atoms with Gasteiger partial charge in [-0.15, -0.1) is 0 Å². The first kappa shape index (κ1) is 14.0. The number of amides is 2. The Bertz CT molecular complexity index is 398. The van der Waals surface area contributed by atoms with Gasteiger partial charge < -0.3 is 5.11 Å². The van der Waals surface area contributed by atoms with E-state index >= 15 is 0 Å². The van der Waals surface area contributed by atoms with Gasteiger partial charge in [-0.2, -0.15) is 0 Å². The first-order valence-electron chi connectivity index (χ1n) is 7.08. The Morgan fingerprint density at radius 2 is 2.00 bits per heavy atom. The van der Waals surface area contributed by atoms with E-state index in [1.165, 1.54) is 4.90 Å². The zero-order chi connectivity index (χ0) is 14.0. The summed E-state index contributed by atoms with van der Waals surface area (Å²) in [6.45, 7) is 1.95. The summed E-state index contributed by atoms with van der Waals surface area (Å²) in [5.41, 5.74) is -0.494. The van der Waals surface area contributed by atoms with Gasteiger partial charge in [0.2, 0.25) is 11.8 Å². The van der Waals surface area contributed by atoms with Crippen molar-refractivity contribution in [1.82, 2.24) is 4.90 Å². The monoisotopic (exact) mass is 267 g/mol. The van der Waals surface area contributed by atoms with Crippen molar-refractivity contribution in [3.63, 3.8) is 0 Å². The van der Waals surface area contributed by atoms with Crippen LogP contribution in [-0.4, -0.2) is 34.3 Å². The normalized spacial score (nSPS) is 23.3. The quantitative estimate of drug-likeness (QED) is 0.771. The molecule has 1 atom stereocenters. The fourth-order valence-electron chi connectivity index (χ4n) is 3.35. The van der Waals surface area contributed by atoms with Crippen LogP contribution in [0.3, 0.4) is 0 Å². The van der Waals surface area contributed by atoms with E-state index in [-0.39, 0.29) is 24.8 Å². The molecule has 0 aromatic heterocycles. The molecule has 0 radical (unpaired) electrons. The Labute approximate surface area is 113 Å². The maximum atomic E-state index is 12.4. The van der Waals surface area contributed by atoms with Crippen LogP contribution in [0.5, 0.6) is 0 Å². The topological polar surface area (TPSA) is 74.7 Å². The number of nitrogens with zero attached hydrogens (tertiary/aromatic N) is 1. The van der Waals surface area contributed by atoms with Crippen molar-refractivity contribution in [2.45, 2.75) is 51.9 Å². The van der Waals surface area contributed by atoms with E-state index in [1.54, 1.807) is 0 Å². The van der Waals surface area contributed by atoms with E-state index in [2.05, 4.69) is 0 Å². The molecular weight excluding hydrogens is 246 g/mol. The third-order valence-corrected chi connectivity index (χ3v) is 4.44. The molecular formula is C14H21NO4. The third kappa shape index (κ3) is 2.51. The van der Waals surface area contributed by atoms with Gasteiger partial charge in [-0.25, -0.2) is 0 Å². The fraction of sp³-hybridized carbons (Fsp3) is 0.786. The van der Waals surface area contributed by atoms with Crippen LogP contribution in [0.4, 0.5) is 0 Å². The van der Waals surface area contributed by atoms with E-state index in [1.807, 2.05) is 6.92 Å². The standard InChI is InChI=1S/C14H21NO4/c1-2-5-10(12(17)18)9-15-11(16)8-14(13(15)19)6-3-4-7-14/h10H,2-9H2,1H3,(H,17,18). The lowest BCUT2D eigenvalue weighted by Crippen LogP contribution is -2.39. The van der Waals surface area contributed by atoms with Crippen LogP contribution in [0, 0.1) is 11.3 Å². The van der Waals surface area contributed by atoms with Gasteiger partial charge in [0.05, 0.1) is 11.3 Å². The van der Waals surface area contributed by atoms with Crippen LogP contribution >= 0.6 is 0 Å². The molecule has 19 heavy (non-hydrogen) atoms. The summed E-state index contributed by atoms with van der Waals surface area (Å²) in [5.74, 6) is -1.86. The summed E-state index contributed by atoms with van der Waals surface area (Å²) < 4.78 is 0. The predicted molar refractivity (Wildman–Crippen MR) is 68.3 cm³/mol. The number of carboxylic acid groups (broad SMARTS) is 1. The van der Waals surface area contributed by atoms with Crippen molar-refractivity contribution in [2.75, 3.05) is 6.54 Å². The fourth-order valence-corrected chi connectivity index (χ4v) is 3.35. The van der Waals surface area contributed by atoms with Gasteiger partial charge in [0.25, 0.3) is 0 Å². The average Bonchev–Trinajstić information content (AvgIpc) is 2.90. The van der Waals surface area contributed by atoms with Crippen molar-refractivity contribution in [3.05, 3.63) is 0 Å². The van der Waals surface area contributed by atoms with Gasteiger partial charge >= 0.3 is 5.97 Å². The number of carbonyl (C=O) groups is 3. The number of aliphatic carboxylic acids is 1. The second-order valence-electron chi connectivity index (χ2n) is 5.80. The molecule has 2 amide bonds. The molecule has 2 fully saturated rings. The van der Waals surface area contributed by atoms with Gasteiger partial charge in [-0.1, -0.05) is 26.2 Å². The number of rotatable bonds is 5. The minimum absolute atomic E-state index is 0.0442. The van der Waals surface area contributed by atoms with Crippen molar-refractivity contribution in [2.24, 2.45) is 11.3 Å². The Balaban J connectivity index is 2.10. The lowest BCUT2D eigenvalue weighted by molar-refractivity contribution is -0.146. The number of hydrogen-bond donors (Lipinski definition) is 1. The first-order chi connectivity index (χ1) is 9.00. The molecule has 5 heteroatoms. The summed E-state index contributed by atoms with van der Waals surface area (Å²) in [6.07, 6.45) is 5.05. The van der Waals surface area contributed by atoms with Crippen LogP contribution in [0.2, 0.25) is 0 Å². The molecule has 0 bridgehead atoms. The first-order valence-corrected chi connectivity index (χ1v) is 7.08. The summed E-state index contributed by atoms with van der Waals surface area (Å²) in [4.78, 5) is 36.8. The molecule has 106 valence electrons. The molecule has 1 spiro atoms. The van der Waals surface area contributed by atoms with Crippen LogP contribution in [-0.2, 0) is 14.4 Å². The number of carbonyl (C=O) groups excluding carboxylic acids is 2. The van der Waals surface area contributed by atoms with Crippen molar-refractivity contribution in [1.29, 1.82) is 0 Å². The van der Waals surface area contributed by atoms with E-state index in [0.717, 1.165) is 32.1 Å². The molecule has 1 saturated carbocycles. The average molecular weight is 267 g/mol. The number of carboxylic acids is 1. The molecule has 1 unspecified atom stereocenters. The van der Waals surface area contributed by atoms with E-state index in [4.69, 9.17) is 5.11 Å². The molecule has 1 aliphatic heterocycles. The highest BCUT2D eigenvalue weighted by Crippen LogP contribution is 2.47. The lowest BCUT2D eigenvalue weighted by atomic mass is 9.84. The van der Waals surface area contributed by atoms with Crippen LogP contribution in [0.25, 0.3) is 0 Å². The molecule has 2 aliphatic rings. The lowest BCUT2D eigenvalue weighted by Gasteiger charge is -2.23. The maximum absolute atomic E-state index is 12.4. The second-order valence-corrected chi connectivity index (χ2v) is 5.80. The van der Waals surface area contributed by atoms with Gasteiger partial charge in [-0.3, -0.25) is 19.3 Å². The maximum Gasteiger partial charge on any atom is 0.308 e. The van der Waals surface area contributed by atoms with Gasteiger partial charge in [-0.05, 0) is 19.3 Å². The number of imide groups is 1. The van der Waals surface area contributed by atoms with Crippen molar-refractivity contribution < 1.29 is 19.5 Å². The summed E-state index contributed by atoms with van der Waals surface area (Å²) in [5, 5.41) is 9.14. The third-order valence-electron chi connectivity index (χ3n) is 4.44. The molecule has 5 nitrogen and oxygen atoms in total. The van der Waals surface area contributed by atoms with Gasteiger partial charge in [0.15, 0.2) is 0 Å². The van der Waals surface area contributed by atoms with Gasteiger partial charge in [0.1, 0.15) is 0 Å². The van der Waals surface area contributed by atoms with E-state index in [0.29, 0.717) is 6.42 Å². The highest BCUT2D eigenvalue weighted by atomic mass is 16.4. The summed E-state index contributed by atoms with van der Waals surface area (Å²) in [7, 11) is 0. The molecule has 2 rings (SSSR count). The Hall–Kier alpha value is -1.39. The zero-order valence-electron chi connectivity index (χ0n) is 11.4. The smallest absolute Gasteiger partial charge is 0.308 e. The van der Waals surface area contributed by atoms with Crippen LogP contribution in [0.1, 0.15) is 51.9 Å². The van der Waals surface area contributed by atoms with Crippen LogP contribution < -0.4 is 0 Å². The van der Waals surface area contributed by atoms with E-state index in [9.17, 15) is 14.4 Å². The largest absolute Gasteiger partial charge is 0.481 e. The molecule has 1 aliphatic carbocycles. The highest BCUT2D eigenvalue weighted by molar-refractivity contribution is 6.06. The zero-order valence-corrected chi connectivity index (χ0v) is 11.4. The Morgan fingerprint density at radius 1 is 1.37 bits per heavy atom. The molecule has 1 N–H and O–H groups in total. The Kier molecular flexibility index (Phi) is 3.92. The predicted octanol–water partition coefficient (Wildman–Crippen LogP) is 1.81. The summed E-state index contributed by atoms with van der Waals surface area (Å²) in [6, 6.07) is 0. The molecule has 1 saturated heterocycles.